The third kappa shape index (κ3) is 4.68. The summed E-state index contributed by atoms with van der Waals surface area (Å²) in [5, 5.41) is 0.500. The van der Waals surface area contributed by atoms with Crippen LogP contribution in [0.3, 0.4) is 0 Å². The second-order valence-electron chi connectivity index (χ2n) is 6.44. The minimum atomic E-state index is -3.53. The molecule has 1 heterocycles. The van der Waals surface area contributed by atoms with Gasteiger partial charge in [-0.25, -0.2) is 8.42 Å². The van der Waals surface area contributed by atoms with E-state index in [1.165, 1.54) is 16.4 Å². The van der Waals surface area contributed by atoms with Crippen LogP contribution in [0.4, 0.5) is 0 Å². The number of nitrogens with one attached hydrogen (secondary N) is 1. The first-order chi connectivity index (χ1) is 12.9. The van der Waals surface area contributed by atoms with Gasteiger partial charge >= 0.3 is 0 Å². The molecule has 144 valence electrons. The summed E-state index contributed by atoms with van der Waals surface area (Å²) in [4.78, 5) is 13.8. The molecule has 1 aliphatic rings. The number of methoxy groups -OCH3 is 1. The number of carbonyl (C=O) groups excluding carboxylic acids is 1. The number of halogens is 1. The van der Waals surface area contributed by atoms with Crippen LogP contribution in [0.25, 0.3) is 0 Å². The van der Waals surface area contributed by atoms with Gasteiger partial charge in [0.05, 0.1) is 38.2 Å². The highest BCUT2D eigenvalue weighted by molar-refractivity contribution is 7.89. The molecule has 6 nitrogen and oxygen atoms in total. The lowest BCUT2D eigenvalue weighted by Gasteiger charge is -2.31. The Labute approximate surface area is 164 Å². The van der Waals surface area contributed by atoms with E-state index in [9.17, 15) is 13.2 Å². The molecule has 0 radical (unpaired) electrons. The highest BCUT2D eigenvalue weighted by atomic mass is 35.5. The zero-order chi connectivity index (χ0) is 19.4. The van der Waals surface area contributed by atoms with E-state index in [4.69, 9.17) is 16.3 Å². The van der Waals surface area contributed by atoms with Crippen LogP contribution in [-0.2, 0) is 10.0 Å². The summed E-state index contributed by atoms with van der Waals surface area (Å²) in [6, 6.07) is 13.2. The second-order valence-corrected chi connectivity index (χ2v) is 8.81. The van der Waals surface area contributed by atoms with E-state index in [0.717, 1.165) is 4.90 Å². The summed E-state index contributed by atoms with van der Waals surface area (Å²) in [7, 11) is -1.95. The predicted octanol–water partition coefficient (Wildman–Crippen LogP) is 1.12. The molecule has 0 saturated carbocycles. The van der Waals surface area contributed by atoms with Crippen molar-refractivity contribution in [3.8, 4) is 5.75 Å². The van der Waals surface area contributed by atoms with Crippen LogP contribution in [-0.4, -0.2) is 58.3 Å². The second kappa shape index (κ2) is 8.39. The Morgan fingerprint density at radius 3 is 2.22 bits per heavy atom. The number of benzene rings is 2. The molecule has 0 bridgehead atoms. The maximum atomic E-state index is 12.7. The van der Waals surface area contributed by atoms with Crippen molar-refractivity contribution in [2.75, 3.05) is 39.8 Å². The van der Waals surface area contributed by atoms with E-state index in [0.29, 0.717) is 49.1 Å². The van der Waals surface area contributed by atoms with Gasteiger partial charge in [-0.05, 0) is 48.5 Å². The molecule has 1 saturated heterocycles. The van der Waals surface area contributed by atoms with Gasteiger partial charge in [0.2, 0.25) is 15.8 Å². The fraction of sp³-hybridized carbons (Fsp3) is 0.316. The maximum absolute atomic E-state index is 12.7. The van der Waals surface area contributed by atoms with E-state index in [1.54, 1.807) is 43.5 Å². The average molecular weight is 410 g/mol. The molecule has 0 spiro atoms. The van der Waals surface area contributed by atoms with Gasteiger partial charge < -0.3 is 9.64 Å². The fourth-order valence-corrected chi connectivity index (χ4v) is 4.65. The van der Waals surface area contributed by atoms with E-state index in [-0.39, 0.29) is 10.7 Å². The first-order valence-corrected chi connectivity index (χ1v) is 10.5. The molecule has 1 N–H and O–H groups in total. The summed E-state index contributed by atoms with van der Waals surface area (Å²) < 4.78 is 32.0. The summed E-state index contributed by atoms with van der Waals surface area (Å²) in [5.41, 5.74) is 0.638. The predicted molar refractivity (Wildman–Crippen MR) is 103 cm³/mol. The van der Waals surface area contributed by atoms with Crippen LogP contribution in [0.2, 0.25) is 5.02 Å². The highest BCUT2D eigenvalue weighted by Crippen LogP contribution is 2.18. The zero-order valence-corrected chi connectivity index (χ0v) is 16.6. The van der Waals surface area contributed by atoms with E-state index >= 15 is 0 Å². The van der Waals surface area contributed by atoms with Crippen LogP contribution < -0.4 is 9.64 Å². The Bertz CT molecular complexity index is 890. The van der Waals surface area contributed by atoms with Gasteiger partial charge in [-0.2, -0.15) is 4.31 Å². The Kier molecular flexibility index (Phi) is 6.16. The molecule has 3 rings (SSSR count). The van der Waals surface area contributed by atoms with Crippen molar-refractivity contribution in [1.82, 2.24) is 4.31 Å². The molecule has 27 heavy (non-hydrogen) atoms. The van der Waals surface area contributed by atoms with E-state index in [1.807, 2.05) is 0 Å². The lowest BCUT2D eigenvalue weighted by Crippen LogP contribution is -3.15. The number of quaternary nitrogens is 1. The number of piperazine rings is 1. The van der Waals surface area contributed by atoms with Crippen LogP contribution in [0.1, 0.15) is 10.4 Å². The van der Waals surface area contributed by atoms with Crippen LogP contribution in [0.5, 0.6) is 5.75 Å². The highest BCUT2D eigenvalue weighted by Gasteiger charge is 2.31. The Morgan fingerprint density at radius 2 is 1.67 bits per heavy atom. The lowest BCUT2D eigenvalue weighted by molar-refractivity contribution is -0.895. The molecule has 0 aromatic heterocycles. The van der Waals surface area contributed by atoms with Crippen molar-refractivity contribution in [1.29, 1.82) is 0 Å². The number of ether oxygens (including phenoxy) is 1. The number of ketones is 1. The van der Waals surface area contributed by atoms with Crippen LogP contribution in [0, 0.1) is 0 Å². The Balaban J connectivity index is 1.58. The lowest BCUT2D eigenvalue weighted by atomic mass is 10.1. The normalized spacial score (nSPS) is 16.2. The van der Waals surface area contributed by atoms with E-state index in [2.05, 4.69) is 0 Å². The number of carbonyl (C=O) groups is 1. The molecule has 1 aliphatic heterocycles. The Hall–Kier alpha value is -1.93. The number of Topliss-reactive ketones (excluding diaryl/α,β-unsaturated/α-hetero) is 1. The van der Waals surface area contributed by atoms with Crippen molar-refractivity contribution in [2.45, 2.75) is 4.90 Å². The van der Waals surface area contributed by atoms with Crippen molar-refractivity contribution < 1.29 is 22.8 Å². The fourth-order valence-electron chi connectivity index (χ4n) is 3.08. The number of hydrogen-bond acceptors (Lipinski definition) is 4. The monoisotopic (exact) mass is 409 g/mol. The topological polar surface area (TPSA) is 68.1 Å². The van der Waals surface area contributed by atoms with Crippen molar-refractivity contribution in [3.63, 3.8) is 0 Å². The van der Waals surface area contributed by atoms with Gasteiger partial charge in [0.1, 0.15) is 12.3 Å². The van der Waals surface area contributed by atoms with Gasteiger partial charge in [-0.1, -0.05) is 11.6 Å². The molecule has 2 aromatic carbocycles. The van der Waals surface area contributed by atoms with Crippen molar-refractivity contribution in [3.05, 3.63) is 59.1 Å². The summed E-state index contributed by atoms with van der Waals surface area (Å²) in [5.74, 6) is 0.751. The van der Waals surface area contributed by atoms with Gasteiger partial charge in [0.15, 0.2) is 0 Å². The molecular formula is C19H22ClN2O4S+. The number of rotatable bonds is 6. The van der Waals surface area contributed by atoms with Gasteiger partial charge in [-0.15, -0.1) is 0 Å². The Morgan fingerprint density at radius 1 is 1.07 bits per heavy atom. The quantitative estimate of drug-likeness (QED) is 0.726. The summed E-state index contributed by atoms with van der Waals surface area (Å²) in [6.45, 7) is 2.30. The number of hydrogen-bond donors (Lipinski definition) is 1. The standard InChI is InChI=1S/C19H21ClN2O4S/c1-26-17-6-2-15(3-7-17)19(23)14-21-10-12-22(13-11-21)27(24,25)18-8-4-16(20)5-9-18/h2-9H,10-14H2,1H3/p+1. The van der Waals surface area contributed by atoms with Gasteiger partial charge in [-0.3, -0.25) is 4.79 Å². The summed E-state index contributed by atoms with van der Waals surface area (Å²) >= 11 is 5.83. The minimum Gasteiger partial charge on any atom is -0.497 e. The molecule has 0 amide bonds. The molecule has 2 aromatic rings. The van der Waals surface area contributed by atoms with Gasteiger partial charge in [0.25, 0.3) is 0 Å². The molecule has 0 unspecified atom stereocenters. The van der Waals surface area contributed by atoms with E-state index < -0.39 is 10.0 Å². The zero-order valence-electron chi connectivity index (χ0n) is 15.0. The smallest absolute Gasteiger partial charge is 0.243 e. The van der Waals surface area contributed by atoms with Gasteiger partial charge in [0, 0.05) is 10.6 Å². The molecule has 1 fully saturated rings. The third-order valence-electron chi connectivity index (χ3n) is 4.70. The number of sulfonamides is 1. The van der Waals surface area contributed by atoms with Crippen LogP contribution in [0.15, 0.2) is 53.4 Å². The average Bonchev–Trinajstić information content (AvgIpc) is 2.69. The SMILES string of the molecule is COc1ccc(C(=O)C[NH+]2CCN(S(=O)(=O)c3ccc(Cl)cc3)CC2)cc1. The minimum absolute atomic E-state index is 0.0432. The molecular weight excluding hydrogens is 388 g/mol. The molecule has 8 heteroatoms. The van der Waals surface area contributed by atoms with Crippen LogP contribution >= 0.6 is 11.6 Å². The summed E-state index contributed by atoms with van der Waals surface area (Å²) in [6.07, 6.45) is 0. The third-order valence-corrected chi connectivity index (χ3v) is 6.87. The first-order valence-electron chi connectivity index (χ1n) is 8.66. The maximum Gasteiger partial charge on any atom is 0.243 e. The van der Waals surface area contributed by atoms with Crippen molar-refractivity contribution >= 4 is 27.4 Å². The molecule has 0 aliphatic carbocycles. The number of nitrogens with zero attached hydrogens (tertiary/aromatic N) is 1. The van der Waals surface area contributed by atoms with Crippen molar-refractivity contribution in [2.24, 2.45) is 0 Å². The molecule has 0 atom stereocenters. The largest absolute Gasteiger partial charge is 0.497 e. The first kappa shape index (κ1) is 19.8.